The van der Waals surface area contributed by atoms with Gasteiger partial charge in [0.15, 0.2) is 0 Å². The first kappa shape index (κ1) is 14.3. The van der Waals surface area contributed by atoms with Crippen LogP contribution < -0.4 is 5.32 Å². The summed E-state index contributed by atoms with van der Waals surface area (Å²) >= 11 is 0. The minimum absolute atomic E-state index is 0.0771. The van der Waals surface area contributed by atoms with Crippen LogP contribution in [0.25, 0.3) is 0 Å². The molecule has 0 fully saturated rings. The molecule has 0 saturated carbocycles. The van der Waals surface area contributed by atoms with E-state index >= 15 is 0 Å². The summed E-state index contributed by atoms with van der Waals surface area (Å²) < 4.78 is 5.43. The van der Waals surface area contributed by atoms with E-state index in [4.69, 9.17) is 4.74 Å². The van der Waals surface area contributed by atoms with Crippen LogP contribution in [-0.2, 0) is 4.74 Å². The Kier molecular flexibility index (Phi) is 4.91. The molecule has 1 atom stereocenters. The van der Waals surface area contributed by atoms with Gasteiger partial charge in [-0.3, -0.25) is 4.79 Å². The summed E-state index contributed by atoms with van der Waals surface area (Å²) in [5.41, 5.74) is 2.80. The molecular formula is C17H19NO2. The zero-order valence-electron chi connectivity index (χ0n) is 11.8. The number of carbonyl (C=O) groups is 1. The summed E-state index contributed by atoms with van der Waals surface area (Å²) in [6.45, 7) is 2.42. The van der Waals surface area contributed by atoms with Crippen LogP contribution in [0.15, 0.2) is 54.6 Å². The molecule has 20 heavy (non-hydrogen) atoms. The average molecular weight is 269 g/mol. The van der Waals surface area contributed by atoms with Gasteiger partial charge in [0, 0.05) is 19.2 Å². The van der Waals surface area contributed by atoms with E-state index in [2.05, 4.69) is 5.32 Å². The summed E-state index contributed by atoms with van der Waals surface area (Å²) in [6.07, 6.45) is -0.134. The topological polar surface area (TPSA) is 38.3 Å². The van der Waals surface area contributed by atoms with Gasteiger partial charge in [-0.25, -0.2) is 0 Å². The van der Waals surface area contributed by atoms with Crippen molar-refractivity contribution in [3.63, 3.8) is 0 Å². The molecule has 2 aromatic carbocycles. The lowest BCUT2D eigenvalue weighted by molar-refractivity contribution is 0.0828. The zero-order valence-corrected chi connectivity index (χ0v) is 11.8. The highest BCUT2D eigenvalue weighted by molar-refractivity contribution is 5.94. The third-order valence-electron chi connectivity index (χ3n) is 3.18. The van der Waals surface area contributed by atoms with E-state index in [0.29, 0.717) is 12.1 Å². The van der Waals surface area contributed by atoms with E-state index in [1.54, 1.807) is 7.11 Å². The monoisotopic (exact) mass is 269 g/mol. The predicted molar refractivity (Wildman–Crippen MR) is 79.7 cm³/mol. The molecule has 1 N–H and O–H groups in total. The molecule has 0 aliphatic carbocycles. The third kappa shape index (κ3) is 3.68. The summed E-state index contributed by atoms with van der Waals surface area (Å²) in [5, 5.41) is 2.91. The van der Waals surface area contributed by atoms with E-state index in [-0.39, 0.29) is 12.0 Å². The Hall–Kier alpha value is -2.13. The molecule has 104 valence electrons. The van der Waals surface area contributed by atoms with Crippen molar-refractivity contribution in [3.8, 4) is 0 Å². The number of hydrogen-bond acceptors (Lipinski definition) is 2. The van der Waals surface area contributed by atoms with Crippen molar-refractivity contribution in [2.45, 2.75) is 13.0 Å². The lowest BCUT2D eigenvalue weighted by Gasteiger charge is -2.16. The van der Waals surface area contributed by atoms with Crippen LogP contribution in [0, 0.1) is 6.92 Å². The Morgan fingerprint density at radius 2 is 1.90 bits per heavy atom. The number of ether oxygens (including phenoxy) is 1. The second kappa shape index (κ2) is 6.87. The van der Waals surface area contributed by atoms with Crippen LogP contribution in [0.4, 0.5) is 0 Å². The molecule has 1 amide bonds. The predicted octanol–water partition coefficient (Wildman–Crippen LogP) is 3.11. The van der Waals surface area contributed by atoms with Crippen LogP contribution >= 0.6 is 0 Å². The van der Waals surface area contributed by atoms with Crippen LogP contribution in [0.2, 0.25) is 0 Å². The minimum atomic E-state index is -0.134. The van der Waals surface area contributed by atoms with Gasteiger partial charge < -0.3 is 10.1 Å². The standard InChI is InChI=1S/C17H19NO2/c1-13-7-6-10-15(11-13)17(19)18-12-16(20-2)14-8-4-3-5-9-14/h3-11,16H,12H2,1-2H3,(H,18,19). The molecular weight excluding hydrogens is 250 g/mol. The van der Waals surface area contributed by atoms with Crippen LogP contribution in [-0.4, -0.2) is 19.6 Å². The van der Waals surface area contributed by atoms with E-state index in [1.165, 1.54) is 0 Å². The van der Waals surface area contributed by atoms with Crippen molar-refractivity contribution in [2.24, 2.45) is 0 Å². The SMILES string of the molecule is COC(CNC(=O)c1cccc(C)c1)c1ccccc1. The Morgan fingerprint density at radius 1 is 1.15 bits per heavy atom. The van der Waals surface area contributed by atoms with Crippen LogP contribution in [0.1, 0.15) is 27.6 Å². The van der Waals surface area contributed by atoms with Gasteiger partial charge in [0.25, 0.3) is 5.91 Å². The highest BCUT2D eigenvalue weighted by Gasteiger charge is 2.12. The fourth-order valence-electron chi connectivity index (χ4n) is 2.08. The molecule has 1 unspecified atom stereocenters. The van der Waals surface area contributed by atoms with Crippen molar-refractivity contribution >= 4 is 5.91 Å². The molecule has 2 rings (SSSR count). The van der Waals surface area contributed by atoms with Gasteiger partial charge in [0.1, 0.15) is 0 Å². The average Bonchev–Trinajstić information content (AvgIpc) is 2.49. The third-order valence-corrected chi connectivity index (χ3v) is 3.18. The summed E-state index contributed by atoms with van der Waals surface area (Å²) in [4.78, 5) is 12.1. The number of benzene rings is 2. The van der Waals surface area contributed by atoms with Gasteiger partial charge in [-0.1, -0.05) is 48.0 Å². The number of rotatable bonds is 5. The molecule has 0 aromatic heterocycles. The second-order valence-corrected chi connectivity index (χ2v) is 4.71. The summed E-state index contributed by atoms with van der Waals surface area (Å²) in [7, 11) is 1.65. The van der Waals surface area contributed by atoms with E-state index in [0.717, 1.165) is 11.1 Å². The molecule has 0 saturated heterocycles. The molecule has 0 heterocycles. The molecule has 0 bridgehead atoms. The molecule has 0 aliphatic rings. The van der Waals surface area contributed by atoms with Gasteiger partial charge in [0.2, 0.25) is 0 Å². The number of hydrogen-bond donors (Lipinski definition) is 1. The lowest BCUT2D eigenvalue weighted by atomic mass is 10.1. The highest BCUT2D eigenvalue weighted by Crippen LogP contribution is 2.15. The normalized spacial score (nSPS) is 11.9. The van der Waals surface area contributed by atoms with Crippen molar-refractivity contribution < 1.29 is 9.53 Å². The first-order chi connectivity index (χ1) is 9.70. The maximum Gasteiger partial charge on any atom is 0.251 e. The Morgan fingerprint density at radius 3 is 2.55 bits per heavy atom. The second-order valence-electron chi connectivity index (χ2n) is 4.71. The maximum atomic E-state index is 12.1. The highest BCUT2D eigenvalue weighted by atomic mass is 16.5. The number of amides is 1. The number of methoxy groups -OCH3 is 1. The van der Waals surface area contributed by atoms with Crippen molar-refractivity contribution in [1.29, 1.82) is 0 Å². The number of nitrogens with one attached hydrogen (secondary N) is 1. The Labute approximate surface area is 119 Å². The first-order valence-corrected chi connectivity index (χ1v) is 6.63. The van der Waals surface area contributed by atoms with Gasteiger partial charge in [-0.2, -0.15) is 0 Å². The number of aryl methyl sites for hydroxylation is 1. The van der Waals surface area contributed by atoms with Crippen LogP contribution in [0.5, 0.6) is 0 Å². The van der Waals surface area contributed by atoms with Crippen LogP contribution in [0.3, 0.4) is 0 Å². The van der Waals surface area contributed by atoms with E-state index in [1.807, 2.05) is 61.5 Å². The van der Waals surface area contributed by atoms with Gasteiger partial charge in [-0.15, -0.1) is 0 Å². The van der Waals surface area contributed by atoms with E-state index in [9.17, 15) is 4.79 Å². The fraction of sp³-hybridized carbons (Fsp3) is 0.235. The largest absolute Gasteiger partial charge is 0.375 e. The quantitative estimate of drug-likeness (QED) is 0.905. The minimum Gasteiger partial charge on any atom is -0.375 e. The van der Waals surface area contributed by atoms with Gasteiger partial charge >= 0.3 is 0 Å². The first-order valence-electron chi connectivity index (χ1n) is 6.63. The molecule has 3 nitrogen and oxygen atoms in total. The lowest BCUT2D eigenvalue weighted by Crippen LogP contribution is -2.29. The zero-order chi connectivity index (χ0) is 14.4. The molecule has 2 aromatic rings. The maximum absolute atomic E-state index is 12.1. The Bertz CT molecular complexity index is 566. The van der Waals surface area contributed by atoms with Crippen molar-refractivity contribution in [2.75, 3.05) is 13.7 Å². The van der Waals surface area contributed by atoms with Crippen molar-refractivity contribution in [1.82, 2.24) is 5.32 Å². The molecule has 0 radical (unpaired) electrons. The van der Waals surface area contributed by atoms with Crippen molar-refractivity contribution in [3.05, 3.63) is 71.3 Å². The Balaban J connectivity index is 1.98. The molecule has 3 heteroatoms. The number of carbonyl (C=O) groups excluding carboxylic acids is 1. The van der Waals surface area contributed by atoms with Gasteiger partial charge in [-0.05, 0) is 24.6 Å². The fourth-order valence-corrected chi connectivity index (χ4v) is 2.08. The molecule has 0 aliphatic heterocycles. The molecule has 0 spiro atoms. The smallest absolute Gasteiger partial charge is 0.251 e. The van der Waals surface area contributed by atoms with Gasteiger partial charge in [0.05, 0.1) is 6.10 Å². The van der Waals surface area contributed by atoms with E-state index < -0.39 is 0 Å². The summed E-state index contributed by atoms with van der Waals surface area (Å²) in [6, 6.07) is 17.4. The summed E-state index contributed by atoms with van der Waals surface area (Å²) in [5.74, 6) is -0.0771.